The Hall–Kier alpha value is -3.90. The largest absolute Gasteiger partial charge is 0.384 e. The van der Waals surface area contributed by atoms with Gasteiger partial charge in [-0.05, 0) is 86.6 Å². The lowest BCUT2D eigenvalue weighted by atomic mass is 9.89. The summed E-state index contributed by atoms with van der Waals surface area (Å²) in [6.45, 7) is 19.1. The van der Waals surface area contributed by atoms with Crippen LogP contribution in [0.25, 0.3) is 0 Å². The number of nitrogens with one attached hydrogen (secondary N) is 2. The first kappa shape index (κ1) is 40.1. The molecule has 5 nitrogen and oxygen atoms in total. The van der Waals surface area contributed by atoms with Crippen molar-refractivity contribution in [1.29, 1.82) is 0 Å². The fraction of sp³-hybridized carbons (Fsp3) is 0.425. The molecule has 0 radical (unpaired) electrons. The van der Waals surface area contributed by atoms with Gasteiger partial charge >= 0.3 is 0 Å². The third-order valence-corrected chi connectivity index (χ3v) is 7.63. The summed E-state index contributed by atoms with van der Waals surface area (Å²) in [6, 6.07) is 7.55. The molecule has 1 atom stereocenters. The van der Waals surface area contributed by atoms with Crippen molar-refractivity contribution < 1.29 is 9.18 Å². The number of benzene rings is 1. The summed E-state index contributed by atoms with van der Waals surface area (Å²) in [4.78, 5) is 14.1. The number of carbonyl (C=O) groups is 1. The number of rotatable bonds is 13. The first-order valence-corrected chi connectivity index (χ1v) is 17.0. The highest BCUT2D eigenvalue weighted by molar-refractivity contribution is 5.97. The molecular weight excluding hydrogens is 571 g/mol. The Morgan fingerprint density at radius 2 is 1.78 bits per heavy atom. The quantitative estimate of drug-likeness (QED) is 0.149. The molecule has 0 bridgehead atoms. The standard InChI is InChI=1S/C36H47FN4O.2C2H6/c1-7-11-34(40-31-18-14-28(15-19-31)35(42)23-38)26(5)24-39-30(9-3)17-13-27(8-2)32-12-10-21-41(6)36(32)29-16-20-33(37)25(4)22-29;2*1-2/h8,10-15,17-19,22,24,30,39-40H,7,9,16,20-21,23,38H2,1-6H3;2*1-2H3/b17-13-,26-24+,27-8+,34-11?;;. The number of likely N-dealkylation sites (N-methyl/N-ethyl adjacent to an activating group) is 1. The molecule has 0 spiro atoms. The van der Waals surface area contributed by atoms with Gasteiger partial charge in [-0.15, -0.1) is 0 Å². The van der Waals surface area contributed by atoms with Crippen molar-refractivity contribution in [1.82, 2.24) is 10.2 Å². The van der Waals surface area contributed by atoms with Gasteiger partial charge in [0.25, 0.3) is 0 Å². The zero-order chi connectivity index (χ0) is 34.6. The van der Waals surface area contributed by atoms with Crippen LogP contribution in [-0.4, -0.2) is 36.9 Å². The van der Waals surface area contributed by atoms with Gasteiger partial charge in [-0.1, -0.05) is 84.1 Å². The van der Waals surface area contributed by atoms with Gasteiger partial charge in [0.1, 0.15) is 5.83 Å². The maximum absolute atomic E-state index is 14.1. The van der Waals surface area contributed by atoms with E-state index in [1.54, 1.807) is 12.1 Å². The molecule has 1 aliphatic heterocycles. The average Bonchev–Trinajstić information content (AvgIpc) is 3.09. The minimum Gasteiger partial charge on any atom is -0.384 e. The van der Waals surface area contributed by atoms with Gasteiger partial charge in [0.05, 0.1) is 6.54 Å². The van der Waals surface area contributed by atoms with Gasteiger partial charge < -0.3 is 21.3 Å². The van der Waals surface area contributed by atoms with Crippen LogP contribution in [0.5, 0.6) is 0 Å². The van der Waals surface area contributed by atoms with Crippen LogP contribution < -0.4 is 16.4 Å². The van der Waals surface area contributed by atoms with Gasteiger partial charge in [-0.3, -0.25) is 4.79 Å². The number of ketones is 1. The Morgan fingerprint density at radius 1 is 1.11 bits per heavy atom. The van der Waals surface area contributed by atoms with Crippen LogP contribution in [-0.2, 0) is 0 Å². The minimum atomic E-state index is -0.0707. The lowest BCUT2D eigenvalue weighted by molar-refractivity contribution is 0.100. The zero-order valence-corrected chi connectivity index (χ0v) is 30.1. The number of Topliss-reactive ketones (excluding diaryl/α,β-unsaturated/α-hetero) is 1. The Balaban J connectivity index is 0.00000254. The lowest BCUT2D eigenvalue weighted by Crippen LogP contribution is -2.25. The van der Waals surface area contributed by atoms with Crippen LogP contribution in [0.15, 0.2) is 118 Å². The SMILES string of the molecule is C/C=C(\C=C/C(CC)N/C=C(\C)C(=CCC)Nc1ccc(C(=O)CN)cc1)C1=C(C2=CC(C)=C(F)CC2)N(C)CC=C1.CC.CC. The van der Waals surface area contributed by atoms with E-state index in [-0.39, 0.29) is 24.2 Å². The minimum absolute atomic E-state index is 0.00692. The van der Waals surface area contributed by atoms with Crippen LogP contribution in [0, 0.1) is 0 Å². The molecule has 6 heteroatoms. The summed E-state index contributed by atoms with van der Waals surface area (Å²) in [6.07, 6.45) is 20.1. The fourth-order valence-corrected chi connectivity index (χ4v) is 5.10. The van der Waals surface area contributed by atoms with Crippen molar-refractivity contribution in [2.24, 2.45) is 5.73 Å². The predicted molar refractivity (Wildman–Crippen MR) is 198 cm³/mol. The van der Waals surface area contributed by atoms with Crippen molar-refractivity contribution in [2.45, 2.75) is 94.0 Å². The van der Waals surface area contributed by atoms with E-state index < -0.39 is 0 Å². The predicted octanol–water partition coefficient (Wildman–Crippen LogP) is 10.1. The van der Waals surface area contributed by atoms with Crippen molar-refractivity contribution in [3.63, 3.8) is 0 Å². The van der Waals surface area contributed by atoms with Gasteiger partial charge in [0.2, 0.25) is 0 Å². The van der Waals surface area contributed by atoms with Crippen LogP contribution in [0.2, 0.25) is 0 Å². The van der Waals surface area contributed by atoms with E-state index >= 15 is 0 Å². The van der Waals surface area contributed by atoms with E-state index in [0.717, 1.165) is 47.5 Å². The van der Waals surface area contributed by atoms with E-state index in [9.17, 15) is 9.18 Å². The van der Waals surface area contributed by atoms with E-state index in [1.165, 1.54) is 16.8 Å². The third kappa shape index (κ3) is 11.8. The van der Waals surface area contributed by atoms with Crippen LogP contribution in [0.4, 0.5) is 10.1 Å². The van der Waals surface area contributed by atoms with E-state index in [1.807, 2.05) is 52.8 Å². The molecule has 1 heterocycles. The summed E-state index contributed by atoms with van der Waals surface area (Å²) >= 11 is 0. The van der Waals surface area contributed by atoms with Crippen LogP contribution >= 0.6 is 0 Å². The molecule has 0 amide bonds. The number of allylic oxidation sites excluding steroid dienone is 11. The molecule has 0 saturated carbocycles. The Kier molecular flexibility index (Phi) is 19.0. The number of nitrogens with two attached hydrogens (primary N) is 1. The average molecular weight is 631 g/mol. The molecule has 0 fully saturated rings. The van der Waals surface area contributed by atoms with Crippen LogP contribution in [0.1, 0.15) is 98.4 Å². The maximum atomic E-state index is 14.1. The summed E-state index contributed by atoms with van der Waals surface area (Å²) in [5, 5.41) is 7.07. The van der Waals surface area contributed by atoms with Crippen molar-refractivity contribution in [2.75, 3.05) is 25.5 Å². The van der Waals surface area contributed by atoms with Crippen molar-refractivity contribution in [3.05, 3.63) is 124 Å². The Morgan fingerprint density at radius 3 is 2.35 bits per heavy atom. The monoisotopic (exact) mass is 630 g/mol. The molecule has 0 saturated heterocycles. The highest BCUT2D eigenvalue weighted by atomic mass is 19.1. The molecule has 1 aromatic carbocycles. The number of hydrogen-bond donors (Lipinski definition) is 3. The normalized spacial score (nSPS) is 16.4. The topological polar surface area (TPSA) is 70.4 Å². The maximum Gasteiger partial charge on any atom is 0.176 e. The van der Waals surface area contributed by atoms with Gasteiger partial charge in [0, 0.05) is 60.5 Å². The van der Waals surface area contributed by atoms with Crippen molar-refractivity contribution >= 4 is 11.5 Å². The second-order valence-electron chi connectivity index (χ2n) is 10.8. The number of halogens is 1. The molecule has 1 unspecified atom stereocenters. The van der Waals surface area contributed by atoms with Gasteiger partial charge in [-0.25, -0.2) is 4.39 Å². The number of anilines is 1. The molecule has 0 aromatic heterocycles. The molecular formula is C40H59FN4O. The second kappa shape index (κ2) is 21.8. The first-order valence-electron chi connectivity index (χ1n) is 17.0. The van der Waals surface area contributed by atoms with E-state index in [4.69, 9.17) is 5.73 Å². The number of carbonyl (C=O) groups excluding carboxylic acids is 1. The first-order chi connectivity index (χ1) is 22.2. The summed E-state index contributed by atoms with van der Waals surface area (Å²) in [5.74, 6) is -0.0797. The highest BCUT2D eigenvalue weighted by Crippen LogP contribution is 2.35. The molecule has 46 heavy (non-hydrogen) atoms. The van der Waals surface area contributed by atoms with E-state index in [0.29, 0.717) is 18.4 Å². The number of hydrogen-bond acceptors (Lipinski definition) is 5. The summed E-state index contributed by atoms with van der Waals surface area (Å²) < 4.78 is 14.1. The highest BCUT2D eigenvalue weighted by Gasteiger charge is 2.22. The zero-order valence-electron chi connectivity index (χ0n) is 30.1. The molecule has 252 valence electrons. The number of nitrogens with zero attached hydrogens (tertiary/aromatic N) is 1. The summed E-state index contributed by atoms with van der Waals surface area (Å²) in [7, 11) is 2.11. The van der Waals surface area contributed by atoms with E-state index in [2.05, 4.69) is 92.9 Å². The molecule has 1 aliphatic carbocycles. The molecule has 1 aromatic rings. The molecule has 4 N–H and O–H groups in total. The Labute approximate surface area is 279 Å². The molecule has 2 aliphatic rings. The van der Waals surface area contributed by atoms with Gasteiger partial charge in [-0.2, -0.15) is 0 Å². The second-order valence-corrected chi connectivity index (χ2v) is 10.8. The Bertz CT molecular complexity index is 1370. The fourth-order valence-electron chi connectivity index (χ4n) is 5.10. The van der Waals surface area contributed by atoms with Gasteiger partial charge in [0.15, 0.2) is 5.78 Å². The van der Waals surface area contributed by atoms with Crippen LogP contribution in [0.3, 0.4) is 0 Å². The summed E-state index contributed by atoms with van der Waals surface area (Å²) in [5.41, 5.74) is 14.5. The molecule has 3 rings (SSSR count). The lowest BCUT2D eigenvalue weighted by Gasteiger charge is -2.31. The smallest absolute Gasteiger partial charge is 0.176 e. The van der Waals surface area contributed by atoms with Crippen molar-refractivity contribution in [3.8, 4) is 0 Å². The third-order valence-electron chi connectivity index (χ3n) is 7.63.